The summed E-state index contributed by atoms with van der Waals surface area (Å²) in [5.74, 6) is -0.548. The molecule has 1 N–H and O–H groups in total. The van der Waals surface area contributed by atoms with Gasteiger partial charge in [0.25, 0.3) is 17.1 Å². The van der Waals surface area contributed by atoms with Crippen LogP contribution < -0.4 is 10.1 Å². The van der Waals surface area contributed by atoms with Crippen molar-refractivity contribution in [1.82, 2.24) is 4.90 Å². The molecule has 3 aromatic rings. The number of hydrogen-bond acceptors (Lipinski definition) is 5. The van der Waals surface area contributed by atoms with E-state index in [1.54, 1.807) is 42.5 Å². The number of thioether (sulfide) groups is 1. The lowest BCUT2D eigenvalue weighted by Crippen LogP contribution is -2.27. The maximum atomic E-state index is 13.1. The van der Waals surface area contributed by atoms with E-state index in [1.165, 1.54) is 12.1 Å². The topological polar surface area (TPSA) is 75.7 Å². The van der Waals surface area contributed by atoms with Crippen molar-refractivity contribution >= 4 is 40.6 Å². The second-order valence-corrected chi connectivity index (χ2v) is 8.66. The van der Waals surface area contributed by atoms with Crippen LogP contribution >= 0.6 is 11.8 Å². The molecule has 172 valence electrons. The lowest BCUT2D eigenvalue weighted by Gasteiger charge is -2.12. The molecular weight excluding hydrogens is 455 g/mol. The lowest BCUT2D eigenvalue weighted by atomic mass is 10.2. The van der Waals surface area contributed by atoms with Crippen molar-refractivity contribution in [1.29, 1.82) is 0 Å². The van der Waals surface area contributed by atoms with Crippen LogP contribution in [0.4, 0.5) is 14.9 Å². The Labute approximate surface area is 200 Å². The molecule has 0 unspecified atom stereocenters. The number of halogens is 1. The molecule has 1 aliphatic rings. The molecule has 1 aliphatic heterocycles. The van der Waals surface area contributed by atoms with Crippen molar-refractivity contribution in [3.05, 3.63) is 100 Å². The van der Waals surface area contributed by atoms with Gasteiger partial charge in [0.2, 0.25) is 0 Å². The zero-order valence-electron chi connectivity index (χ0n) is 18.3. The maximum absolute atomic E-state index is 13.1. The van der Waals surface area contributed by atoms with E-state index in [1.807, 2.05) is 31.2 Å². The predicted molar refractivity (Wildman–Crippen MR) is 130 cm³/mol. The molecule has 0 aromatic heterocycles. The number of nitrogens with one attached hydrogen (secondary N) is 1. The number of carbonyl (C=O) groups excluding carboxylic acids is 3. The van der Waals surface area contributed by atoms with Gasteiger partial charge in [-0.05, 0) is 72.3 Å². The van der Waals surface area contributed by atoms with E-state index in [-0.39, 0.29) is 30.1 Å². The standard InChI is InChI=1S/C26H21FN2O4S/c1-17-2-10-21(11-3-17)28-24(30)16-33-22-12-6-18(7-13-22)14-23-25(31)29(26(32)34-23)15-19-4-8-20(27)9-5-19/h2-14H,15-16H2,1H3,(H,28,30)/b23-14-. The highest BCUT2D eigenvalue weighted by molar-refractivity contribution is 8.18. The van der Waals surface area contributed by atoms with Gasteiger partial charge in [0, 0.05) is 5.69 Å². The SMILES string of the molecule is Cc1ccc(NC(=O)COc2ccc(/C=C3\SC(=O)N(Cc4ccc(F)cc4)C3=O)cc2)cc1. The van der Waals surface area contributed by atoms with E-state index in [9.17, 15) is 18.8 Å². The monoisotopic (exact) mass is 476 g/mol. The van der Waals surface area contributed by atoms with Crippen molar-refractivity contribution < 1.29 is 23.5 Å². The van der Waals surface area contributed by atoms with Crippen molar-refractivity contribution in [2.75, 3.05) is 11.9 Å². The molecule has 1 saturated heterocycles. The molecule has 0 atom stereocenters. The van der Waals surface area contributed by atoms with Crippen LogP contribution in [0.1, 0.15) is 16.7 Å². The molecule has 8 heteroatoms. The molecule has 3 aromatic carbocycles. The number of hydrogen-bond donors (Lipinski definition) is 1. The minimum absolute atomic E-state index is 0.0831. The number of ether oxygens (including phenoxy) is 1. The van der Waals surface area contributed by atoms with Crippen molar-refractivity contribution in [2.45, 2.75) is 13.5 Å². The summed E-state index contributed by atoms with van der Waals surface area (Å²) >= 11 is 0.859. The molecule has 3 amide bonds. The number of rotatable bonds is 7. The van der Waals surface area contributed by atoms with Crippen molar-refractivity contribution in [3.8, 4) is 5.75 Å². The molecule has 1 heterocycles. The molecular formula is C26H21FN2O4S. The highest BCUT2D eigenvalue weighted by Crippen LogP contribution is 2.33. The largest absolute Gasteiger partial charge is 0.484 e. The number of aryl methyl sites for hydroxylation is 1. The second kappa shape index (κ2) is 10.4. The number of amides is 3. The fraction of sp³-hybridized carbons (Fsp3) is 0.115. The molecule has 0 bridgehead atoms. The van der Waals surface area contributed by atoms with E-state index in [2.05, 4.69) is 5.32 Å². The minimum atomic E-state index is -0.396. The number of nitrogens with zero attached hydrogens (tertiary/aromatic N) is 1. The molecule has 0 spiro atoms. The third kappa shape index (κ3) is 5.90. The zero-order chi connectivity index (χ0) is 24.1. The van der Waals surface area contributed by atoms with E-state index >= 15 is 0 Å². The summed E-state index contributed by atoms with van der Waals surface area (Å²) in [5.41, 5.74) is 3.18. The zero-order valence-corrected chi connectivity index (χ0v) is 19.1. The molecule has 6 nitrogen and oxygen atoms in total. The van der Waals surface area contributed by atoms with Gasteiger partial charge in [-0.15, -0.1) is 0 Å². The fourth-order valence-corrected chi connectivity index (χ4v) is 4.04. The molecule has 34 heavy (non-hydrogen) atoms. The third-order valence-electron chi connectivity index (χ3n) is 5.01. The maximum Gasteiger partial charge on any atom is 0.293 e. The van der Waals surface area contributed by atoms with Gasteiger partial charge in [0.05, 0.1) is 11.4 Å². The first kappa shape index (κ1) is 23.3. The predicted octanol–water partition coefficient (Wildman–Crippen LogP) is 5.39. The van der Waals surface area contributed by atoms with Crippen LogP contribution in [0.5, 0.6) is 5.75 Å². The number of benzene rings is 3. The fourth-order valence-electron chi connectivity index (χ4n) is 3.20. The van der Waals surface area contributed by atoms with Crippen LogP contribution in [0.3, 0.4) is 0 Å². The van der Waals surface area contributed by atoms with Crippen LogP contribution in [-0.4, -0.2) is 28.6 Å². The smallest absolute Gasteiger partial charge is 0.293 e. The summed E-state index contributed by atoms with van der Waals surface area (Å²) in [6.45, 7) is 1.91. The summed E-state index contributed by atoms with van der Waals surface area (Å²) in [6.07, 6.45) is 1.63. The Balaban J connectivity index is 1.33. The number of anilines is 1. The van der Waals surface area contributed by atoms with E-state index in [0.717, 1.165) is 22.2 Å². The Bertz CT molecular complexity index is 1240. The summed E-state index contributed by atoms with van der Waals surface area (Å²) < 4.78 is 18.6. The van der Waals surface area contributed by atoms with Crippen molar-refractivity contribution in [3.63, 3.8) is 0 Å². The second-order valence-electron chi connectivity index (χ2n) is 7.67. The third-order valence-corrected chi connectivity index (χ3v) is 5.92. The summed E-state index contributed by atoms with van der Waals surface area (Å²) in [5, 5.41) is 2.39. The van der Waals surface area contributed by atoms with E-state index in [0.29, 0.717) is 27.5 Å². The van der Waals surface area contributed by atoms with Gasteiger partial charge in [-0.1, -0.05) is 42.0 Å². The Kier molecular flexibility index (Phi) is 7.08. The van der Waals surface area contributed by atoms with Gasteiger partial charge in [-0.2, -0.15) is 0 Å². The van der Waals surface area contributed by atoms with Crippen LogP contribution in [-0.2, 0) is 16.1 Å². The number of imide groups is 1. The number of carbonyl (C=O) groups is 3. The Morgan fingerprint density at radius 1 is 1.00 bits per heavy atom. The summed E-state index contributed by atoms with van der Waals surface area (Å²) in [4.78, 5) is 38.5. The van der Waals surface area contributed by atoms with Gasteiger partial charge in [0.1, 0.15) is 11.6 Å². The molecule has 4 rings (SSSR count). The minimum Gasteiger partial charge on any atom is -0.484 e. The Morgan fingerprint density at radius 2 is 1.68 bits per heavy atom. The van der Waals surface area contributed by atoms with Gasteiger partial charge >= 0.3 is 0 Å². The molecule has 0 radical (unpaired) electrons. The Hall–Kier alpha value is -3.91. The van der Waals surface area contributed by atoms with Gasteiger partial charge < -0.3 is 10.1 Å². The quantitative estimate of drug-likeness (QED) is 0.463. The molecule has 0 aliphatic carbocycles. The average Bonchev–Trinajstić information content (AvgIpc) is 3.09. The first-order chi connectivity index (χ1) is 16.4. The van der Waals surface area contributed by atoms with Crippen LogP contribution in [0, 0.1) is 12.7 Å². The molecule has 0 saturated carbocycles. The van der Waals surface area contributed by atoms with Crippen LogP contribution in [0.25, 0.3) is 6.08 Å². The van der Waals surface area contributed by atoms with E-state index < -0.39 is 5.91 Å². The van der Waals surface area contributed by atoms with Crippen LogP contribution in [0.2, 0.25) is 0 Å². The van der Waals surface area contributed by atoms with Gasteiger partial charge in [0.15, 0.2) is 6.61 Å². The lowest BCUT2D eigenvalue weighted by molar-refractivity contribution is -0.123. The first-order valence-corrected chi connectivity index (χ1v) is 11.3. The highest BCUT2D eigenvalue weighted by atomic mass is 32.2. The van der Waals surface area contributed by atoms with Gasteiger partial charge in [-0.25, -0.2) is 4.39 Å². The molecule has 1 fully saturated rings. The first-order valence-electron chi connectivity index (χ1n) is 10.5. The summed E-state index contributed by atoms with van der Waals surface area (Å²) in [7, 11) is 0. The summed E-state index contributed by atoms with van der Waals surface area (Å²) in [6, 6.07) is 20.0. The van der Waals surface area contributed by atoms with Gasteiger partial charge in [-0.3, -0.25) is 19.3 Å². The Morgan fingerprint density at radius 3 is 2.35 bits per heavy atom. The average molecular weight is 477 g/mol. The highest BCUT2D eigenvalue weighted by Gasteiger charge is 2.34. The van der Waals surface area contributed by atoms with Crippen molar-refractivity contribution in [2.24, 2.45) is 0 Å². The normalized spacial score (nSPS) is 14.5. The van der Waals surface area contributed by atoms with E-state index in [4.69, 9.17) is 4.74 Å². The van der Waals surface area contributed by atoms with Crippen LogP contribution in [0.15, 0.2) is 77.7 Å².